The van der Waals surface area contributed by atoms with E-state index < -0.39 is 10.9 Å². The van der Waals surface area contributed by atoms with Crippen molar-refractivity contribution in [2.45, 2.75) is 37.8 Å². The van der Waals surface area contributed by atoms with Crippen molar-refractivity contribution in [3.8, 4) is 0 Å². The number of anilines is 1. The van der Waals surface area contributed by atoms with E-state index in [0.717, 1.165) is 19.4 Å². The fourth-order valence-electron chi connectivity index (χ4n) is 3.42. The van der Waals surface area contributed by atoms with Crippen molar-refractivity contribution < 1.29 is 14.8 Å². The molecule has 10 heteroatoms. The number of aromatic nitrogens is 3. The first kappa shape index (κ1) is 16.7. The number of carboxylic acid groups (broad SMARTS) is 1. The second-order valence-electron chi connectivity index (χ2n) is 7.10. The summed E-state index contributed by atoms with van der Waals surface area (Å²) in [5.74, 6) is 0.232. The summed E-state index contributed by atoms with van der Waals surface area (Å²) in [6.07, 6.45) is 5.25. The van der Waals surface area contributed by atoms with Gasteiger partial charge in [-0.15, -0.1) is 0 Å². The molecule has 2 aliphatic rings. The van der Waals surface area contributed by atoms with Gasteiger partial charge in [-0.3, -0.25) is 9.69 Å². The highest BCUT2D eigenvalue weighted by molar-refractivity contribution is 5.69. The number of imidazole rings is 1. The lowest BCUT2D eigenvalue weighted by atomic mass is 9.85. The minimum absolute atomic E-state index is 0.0827. The number of nitrogens with one attached hydrogen (secondary N) is 1. The standard InChI is InChI=1S/C16H20N6O4/c23-16(24)9-20(8-10-1-2-10)12-5-11(6-12)18-13-3-4-14-17-7-15(22(25)26)21(14)19-13/h3-4,7,10-12H,1-2,5-6,8-9H2,(H,18,19)(H,23,24). The topological polar surface area (TPSA) is 126 Å². The minimum Gasteiger partial charge on any atom is -0.480 e. The number of nitro groups is 1. The van der Waals surface area contributed by atoms with E-state index in [-0.39, 0.29) is 24.4 Å². The summed E-state index contributed by atoms with van der Waals surface area (Å²) < 4.78 is 1.21. The highest BCUT2D eigenvalue weighted by Gasteiger charge is 2.37. The molecule has 138 valence electrons. The van der Waals surface area contributed by atoms with Gasteiger partial charge in [0.2, 0.25) is 5.65 Å². The number of nitrogens with zero attached hydrogens (tertiary/aromatic N) is 5. The first-order valence-electron chi connectivity index (χ1n) is 8.71. The second kappa shape index (κ2) is 6.52. The summed E-state index contributed by atoms with van der Waals surface area (Å²) in [6.45, 7) is 0.939. The van der Waals surface area contributed by atoms with Gasteiger partial charge in [0.25, 0.3) is 0 Å². The summed E-state index contributed by atoms with van der Waals surface area (Å²) in [7, 11) is 0. The second-order valence-corrected chi connectivity index (χ2v) is 7.10. The van der Waals surface area contributed by atoms with Crippen LogP contribution in [0.5, 0.6) is 0 Å². The lowest BCUT2D eigenvalue weighted by molar-refractivity contribution is -0.391. The summed E-state index contributed by atoms with van der Waals surface area (Å²) in [5.41, 5.74) is 0.422. The molecule has 0 unspecified atom stereocenters. The Labute approximate surface area is 149 Å². The third-order valence-electron chi connectivity index (χ3n) is 5.04. The Hall–Kier alpha value is -2.75. The molecule has 2 fully saturated rings. The summed E-state index contributed by atoms with van der Waals surface area (Å²) >= 11 is 0. The first-order chi connectivity index (χ1) is 12.5. The van der Waals surface area contributed by atoms with Crippen LogP contribution in [-0.2, 0) is 4.79 Å². The van der Waals surface area contributed by atoms with E-state index in [4.69, 9.17) is 5.11 Å². The lowest BCUT2D eigenvalue weighted by Gasteiger charge is -2.42. The number of carbonyl (C=O) groups is 1. The molecule has 10 nitrogen and oxygen atoms in total. The molecule has 0 atom stereocenters. The van der Waals surface area contributed by atoms with Gasteiger partial charge in [0, 0.05) is 24.7 Å². The van der Waals surface area contributed by atoms with E-state index in [1.807, 2.05) is 0 Å². The van der Waals surface area contributed by atoms with Gasteiger partial charge in [0.15, 0.2) is 5.82 Å². The van der Waals surface area contributed by atoms with Crippen molar-refractivity contribution in [3.05, 3.63) is 28.4 Å². The Bertz CT molecular complexity index is 842. The van der Waals surface area contributed by atoms with E-state index in [9.17, 15) is 14.9 Å². The molecule has 2 heterocycles. The molecule has 0 spiro atoms. The van der Waals surface area contributed by atoms with Crippen molar-refractivity contribution in [2.75, 3.05) is 18.4 Å². The lowest BCUT2D eigenvalue weighted by Crippen LogP contribution is -2.52. The molecule has 0 radical (unpaired) electrons. The third-order valence-corrected chi connectivity index (χ3v) is 5.04. The van der Waals surface area contributed by atoms with Gasteiger partial charge in [-0.05, 0) is 42.6 Å². The molecule has 0 bridgehead atoms. The van der Waals surface area contributed by atoms with Crippen molar-refractivity contribution in [1.29, 1.82) is 0 Å². The first-order valence-corrected chi connectivity index (χ1v) is 8.71. The average Bonchev–Trinajstić information content (AvgIpc) is 3.25. The average molecular weight is 360 g/mol. The monoisotopic (exact) mass is 360 g/mol. The predicted molar refractivity (Wildman–Crippen MR) is 92.0 cm³/mol. The van der Waals surface area contributed by atoms with Gasteiger partial charge in [0.1, 0.15) is 6.20 Å². The Morgan fingerprint density at radius 1 is 1.42 bits per heavy atom. The minimum atomic E-state index is -0.790. The maximum absolute atomic E-state index is 11.1. The molecule has 0 aromatic carbocycles. The normalized spacial score (nSPS) is 22.3. The quantitative estimate of drug-likeness (QED) is 0.534. The molecule has 2 saturated carbocycles. The van der Waals surface area contributed by atoms with Gasteiger partial charge in [-0.2, -0.15) is 0 Å². The van der Waals surface area contributed by atoms with E-state index in [0.29, 0.717) is 17.4 Å². The molecular formula is C16H20N6O4. The van der Waals surface area contributed by atoms with Gasteiger partial charge >= 0.3 is 11.8 Å². The van der Waals surface area contributed by atoms with E-state index in [1.54, 1.807) is 12.1 Å². The maximum Gasteiger partial charge on any atom is 0.368 e. The highest BCUT2D eigenvalue weighted by atomic mass is 16.6. The van der Waals surface area contributed by atoms with Crippen molar-refractivity contribution >= 4 is 23.3 Å². The number of hydrogen-bond donors (Lipinski definition) is 2. The number of carboxylic acids is 1. The molecule has 0 amide bonds. The van der Waals surface area contributed by atoms with Crippen LogP contribution in [-0.4, -0.2) is 60.7 Å². The SMILES string of the molecule is O=C(O)CN(CC1CC1)C1CC(Nc2ccc3ncc([N+](=O)[O-])n3n2)C1. The smallest absolute Gasteiger partial charge is 0.368 e. The fourth-order valence-corrected chi connectivity index (χ4v) is 3.42. The largest absolute Gasteiger partial charge is 0.480 e. The van der Waals surface area contributed by atoms with Gasteiger partial charge < -0.3 is 20.5 Å². The van der Waals surface area contributed by atoms with Crippen molar-refractivity contribution in [2.24, 2.45) is 5.92 Å². The zero-order valence-electron chi connectivity index (χ0n) is 14.1. The van der Waals surface area contributed by atoms with Crippen LogP contribution in [0.3, 0.4) is 0 Å². The van der Waals surface area contributed by atoms with Gasteiger partial charge in [-0.1, -0.05) is 9.61 Å². The van der Waals surface area contributed by atoms with Crippen LogP contribution in [0, 0.1) is 16.0 Å². The predicted octanol–water partition coefficient (Wildman–Crippen LogP) is 1.38. The Balaban J connectivity index is 1.38. The van der Waals surface area contributed by atoms with Crippen LogP contribution >= 0.6 is 0 Å². The highest BCUT2D eigenvalue weighted by Crippen LogP contribution is 2.34. The molecule has 0 aliphatic heterocycles. The number of fused-ring (bicyclic) bond motifs is 1. The van der Waals surface area contributed by atoms with Crippen LogP contribution < -0.4 is 5.32 Å². The summed E-state index contributed by atoms with van der Waals surface area (Å²) in [6, 6.07) is 3.87. The zero-order valence-corrected chi connectivity index (χ0v) is 14.1. The maximum atomic E-state index is 11.1. The summed E-state index contributed by atoms with van der Waals surface area (Å²) in [5, 5.41) is 27.6. The molecule has 2 aromatic rings. The van der Waals surface area contributed by atoms with Crippen molar-refractivity contribution in [1.82, 2.24) is 19.5 Å². The Morgan fingerprint density at radius 2 is 2.19 bits per heavy atom. The van der Waals surface area contributed by atoms with Crippen LogP contribution in [0.2, 0.25) is 0 Å². The molecule has 0 saturated heterocycles. The Kier molecular flexibility index (Phi) is 4.19. The van der Waals surface area contributed by atoms with E-state index in [1.165, 1.54) is 23.6 Å². The fraction of sp³-hybridized carbons (Fsp3) is 0.562. The van der Waals surface area contributed by atoms with Crippen LogP contribution in [0.1, 0.15) is 25.7 Å². The molecule has 2 N–H and O–H groups in total. The third kappa shape index (κ3) is 3.45. The van der Waals surface area contributed by atoms with Crippen LogP contribution in [0.25, 0.3) is 5.65 Å². The number of rotatable bonds is 8. The van der Waals surface area contributed by atoms with Gasteiger partial charge in [0.05, 0.1) is 6.54 Å². The molecule has 26 heavy (non-hydrogen) atoms. The van der Waals surface area contributed by atoms with E-state index in [2.05, 4.69) is 20.3 Å². The van der Waals surface area contributed by atoms with Gasteiger partial charge in [-0.25, -0.2) is 4.98 Å². The molecule has 4 rings (SSSR count). The summed E-state index contributed by atoms with van der Waals surface area (Å²) in [4.78, 5) is 27.6. The van der Waals surface area contributed by atoms with Crippen LogP contribution in [0.4, 0.5) is 11.6 Å². The zero-order chi connectivity index (χ0) is 18.3. The van der Waals surface area contributed by atoms with Crippen molar-refractivity contribution in [3.63, 3.8) is 0 Å². The number of hydrogen-bond acceptors (Lipinski definition) is 7. The Morgan fingerprint density at radius 3 is 2.85 bits per heavy atom. The molecular weight excluding hydrogens is 340 g/mol. The van der Waals surface area contributed by atoms with Crippen LogP contribution in [0.15, 0.2) is 18.3 Å². The number of aliphatic carboxylic acids is 1. The molecule has 2 aliphatic carbocycles. The van der Waals surface area contributed by atoms with E-state index >= 15 is 0 Å². The molecule has 2 aromatic heterocycles.